The van der Waals surface area contributed by atoms with Crippen LogP contribution in [0.5, 0.6) is 0 Å². The van der Waals surface area contributed by atoms with Gasteiger partial charge in [0, 0.05) is 51.4 Å². The first-order valence-corrected chi connectivity index (χ1v) is 18.4. The quantitative estimate of drug-likeness (QED) is 0.0536. The molecular formula is C37H68O8. The van der Waals surface area contributed by atoms with Crippen molar-refractivity contribution in [3.05, 3.63) is 0 Å². The van der Waals surface area contributed by atoms with Gasteiger partial charge in [0.05, 0.1) is 24.4 Å². The van der Waals surface area contributed by atoms with Gasteiger partial charge in [-0.05, 0) is 51.4 Å². The Labute approximate surface area is 274 Å². The average molecular weight is 641 g/mol. The number of ketones is 4. The fourth-order valence-electron chi connectivity index (χ4n) is 5.71. The minimum absolute atomic E-state index is 0.0290. The summed E-state index contributed by atoms with van der Waals surface area (Å²) in [6.45, 7) is 4.22. The highest BCUT2D eigenvalue weighted by Crippen LogP contribution is 2.16. The second-order valence-corrected chi connectivity index (χ2v) is 13.3. The van der Waals surface area contributed by atoms with Crippen LogP contribution >= 0.6 is 0 Å². The molecular weight excluding hydrogens is 572 g/mol. The van der Waals surface area contributed by atoms with Crippen LogP contribution in [0.25, 0.3) is 0 Å². The lowest BCUT2D eigenvalue weighted by atomic mass is 9.99. The van der Waals surface area contributed by atoms with Crippen LogP contribution in [0.15, 0.2) is 0 Å². The number of carbonyl (C=O) groups is 4. The molecule has 0 aromatic rings. The molecule has 0 fully saturated rings. The molecule has 0 bridgehead atoms. The van der Waals surface area contributed by atoms with Crippen LogP contribution < -0.4 is 0 Å². The lowest BCUT2D eigenvalue weighted by molar-refractivity contribution is -0.122. The van der Waals surface area contributed by atoms with Gasteiger partial charge >= 0.3 is 0 Å². The van der Waals surface area contributed by atoms with Gasteiger partial charge in [0.1, 0.15) is 23.1 Å². The van der Waals surface area contributed by atoms with Gasteiger partial charge in [0.2, 0.25) is 0 Å². The summed E-state index contributed by atoms with van der Waals surface area (Å²) in [5.41, 5.74) is 0. The Morgan fingerprint density at radius 3 is 0.822 bits per heavy atom. The van der Waals surface area contributed by atoms with Gasteiger partial charge in [-0.15, -0.1) is 0 Å². The first kappa shape index (κ1) is 43.5. The third-order valence-electron chi connectivity index (χ3n) is 8.53. The molecule has 0 saturated heterocycles. The van der Waals surface area contributed by atoms with Crippen LogP contribution in [0.3, 0.4) is 0 Å². The summed E-state index contributed by atoms with van der Waals surface area (Å²) in [5.74, 6) is 0.244. The molecule has 0 aliphatic heterocycles. The molecule has 0 heterocycles. The summed E-state index contributed by atoms with van der Waals surface area (Å²) in [6, 6.07) is 0. The largest absolute Gasteiger partial charge is 0.393 e. The zero-order valence-electron chi connectivity index (χ0n) is 28.8. The van der Waals surface area contributed by atoms with Crippen LogP contribution in [-0.2, 0) is 19.2 Å². The Morgan fingerprint density at radius 1 is 0.356 bits per heavy atom. The van der Waals surface area contributed by atoms with E-state index in [0.29, 0.717) is 64.2 Å². The van der Waals surface area contributed by atoms with E-state index in [0.717, 1.165) is 83.5 Å². The number of aliphatic hydroxyl groups excluding tert-OH is 4. The van der Waals surface area contributed by atoms with Crippen molar-refractivity contribution in [1.82, 2.24) is 0 Å². The van der Waals surface area contributed by atoms with E-state index in [4.69, 9.17) is 0 Å². The van der Waals surface area contributed by atoms with Crippen molar-refractivity contribution in [1.29, 1.82) is 0 Å². The van der Waals surface area contributed by atoms with Crippen molar-refractivity contribution in [2.24, 2.45) is 0 Å². The summed E-state index contributed by atoms with van der Waals surface area (Å²) < 4.78 is 0. The maximum atomic E-state index is 12.2. The molecule has 45 heavy (non-hydrogen) atoms. The van der Waals surface area contributed by atoms with Crippen LogP contribution in [0.2, 0.25) is 0 Å². The average Bonchev–Trinajstić information content (AvgIpc) is 2.96. The summed E-state index contributed by atoms with van der Waals surface area (Å²) in [4.78, 5) is 48.4. The Morgan fingerprint density at radius 2 is 0.578 bits per heavy atom. The lowest BCUT2D eigenvalue weighted by Crippen LogP contribution is -2.14. The molecule has 0 amide bonds. The van der Waals surface area contributed by atoms with Crippen LogP contribution in [0.1, 0.15) is 187 Å². The van der Waals surface area contributed by atoms with Crippen molar-refractivity contribution in [2.45, 2.75) is 212 Å². The third kappa shape index (κ3) is 29.7. The molecule has 4 unspecified atom stereocenters. The topological polar surface area (TPSA) is 149 Å². The minimum atomic E-state index is -0.662. The minimum Gasteiger partial charge on any atom is -0.393 e. The van der Waals surface area contributed by atoms with Crippen molar-refractivity contribution in [2.75, 3.05) is 0 Å². The SMILES string of the molecule is CCCCCC(O)CC(=O)CCCCCC(O)CC(=O)CCCCCC(=O)CC(O)CCCCCC(=O)CC(O)CCCCC. The third-order valence-corrected chi connectivity index (χ3v) is 8.53. The highest BCUT2D eigenvalue weighted by molar-refractivity contribution is 5.80. The molecule has 0 aromatic heterocycles. The highest BCUT2D eigenvalue weighted by Gasteiger charge is 2.14. The highest BCUT2D eigenvalue weighted by atomic mass is 16.3. The number of rotatable bonds is 34. The predicted octanol–water partition coefficient (Wildman–Crippen LogP) is 7.28. The number of carbonyl (C=O) groups excluding carboxylic acids is 4. The summed E-state index contributed by atoms with van der Waals surface area (Å²) in [5, 5.41) is 40.2. The Hall–Kier alpha value is -1.48. The zero-order chi connectivity index (χ0) is 33.7. The van der Waals surface area contributed by atoms with Gasteiger partial charge < -0.3 is 20.4 Å². The van der Waals surface area contributed by atoms with Gasteiger partial charge in [-0.3, -0.25) is 19.2 Å². The van der Waals surface area contributed by atoms with Gasteiger partial charge in [-0.2, -0.15) is 0 Å². The van der Waals surface area contributed by atoms with Gasteiger partial charge in [0.25, 0.3) is 0 Å². The maximum Gasteiger partial charge on any atom is 0.135 e. The molecule has 0 aliphatic carbocycles. The van der Waals surface area contributed by atoms with Crippen molar-refractivity contribution < 1.29 is 39.6 Å². The molecule has 8 heteroatoms. The van der Waals surface area contributed by atoms with Crippen LogP contribution in [0, 0.1) is 0 Å². The van der Waals surface area contributed by atoms with Crippen molar-refractivity contribution in [3.63, 3.8) is 0 Å². The van der Waals surface area contributed by atoms with E-state index in [1.165, 1.54) is 0 Å². The molecule has 4 N–H and O–H groups in total. The number of hydrogen-bond acceptors (Lipinski definition) is 8. The summed E-state index contributed by atoms with van der Waals surface area (Å²) in [6.07, 6.45) is 15.5. The molecule has 8 nitrogen and oxygen atoms in total. The second-order valence-electron chi connectivity index (χ2n) is 13.3. The van der Waals surface area contributed by atoms with Gasteiger partial charge in [0.15, 0.2) is 0 Å². The van der Waals surface area contributed by atoms with E-state index in [1.54, 1.807) is 0 Å². The van der Waals surface area contributed by atoms with E-state index in [2.05, 4.69) is 13.8 Å². The van der Waals surface area contributed by atoms with E-state index in [-0.39, 0.29) is 48.8 Å². The van der Waals surface area contributed by atoms with Crippen LogP contribution in [-0.4, -0.2) is 68.0 Å². The first-order chi connectivity index (χ1) is 21.6. The standard InChI is InChI=1S/C37H68O8/c1-3-5-10-18-30(38)26-32(40)20-12-7-14-22-34(42)28-36(44)24-16-9-17-25-37(45)29-35(43)23-15-8-13-21-33(41)27-31(39)19-11-6-4-2/h30-31,34-35,38-39,42-43H,3-29H2,1-2H3. The van der Waals surface area contributed by atoms with Gasteiger partial charge in [-0.1, -0.05) is 84.5 Å². The molecule has 264 valence electrons. The summed E-state index contributed by atoms with van der Waals surface area (Å²) in [7, 11) is 0. The molecule has 0 aliphatic rings. The van der Waals surface area contributed by atoms with E-state index >= 15 is 0 Å². The first-order valence-electron chi connectivity index (χ1n) is 18.4. The lowest BCUT2D eigenvalue weighted by Gasteiger charge is -2.11. The molecule has 0 rings (SSSR count). The number of unbranched alkanes of at least 4 members (excludes halogenated alkanes) is 10. The van der Waals surface area contributed by atoms with E-state index in [9.17, 15) is 39.6 Å². The summed E-state index contributed by atoms with van der Waals surface area (Å²) >= 11 is 0. The fourth-order valence-corrected chi connectivity index (χ4v) is 5.71. The smallest absolute Gasteiger partial charge is 0.135 e. The van der Waals surface area contributed by atoms with Gasteiger partial charge in [-0.25, -0.2) is 0 Å². The predicted molar refractivity (Wildman–Crippen MR) is 180 cm³/mol. The van der Waals surface area contributed by atoms with E-state index in [1.807, 2.05) is 0 Å². The number of Topliss-reactive ketones (excluding diaryl/α,β-unsaturated/α-hetero) is 4. The number of aliphatic hydroxyl groups is 4. The van der Waals surface area contributed by atoms with Crippen molar-refractivity contribution in [3.8, 4) is 0 Å². The van der Waals surface area contributed by atoms with Crippen LogP contribution in [0.4, 0.5) is 0 Å². The molecule has 0 saturated carbocycles. The Balaban J connectivity index is 3.72. The Kier molecular flexibility index (Phi) is 28.9. The van der Waals surface area contributed by atoms with Crippen molar-refractivity contribution >= 4 is 23.1 Å². The fraction of sp³-hybridized carbons (Fsp3) is 0.892. The zero-order valence-corrected chi connectivity index (χ0v) is 28.8. The molecule has 0 aromatic carbocycles. The maximum absolute atomic E-state index is 12.2. The molecule has 0 radical (unpaired) electrons. The Bertz CT molecular complexity index is 706. The number of hydrogen-bond donors (Lipinski definition) is 4. The molecule has 0 spiro atoms. The monoisotopic (exact) mass is 640 g/mol. The molecule has 4 atom stereocenters. The normalized spacial score (nSPS) is 14.2. The van der Waals surface area contributed by atoms with E-state index < -0.39 is 24.4 Å². The second kappa shape index (κ2) is 29.9.